The average molecular weight is 341 g/mol. The fraction of sp³-hybridized carbons (Fsp3) is 0.500. The molecular formula is C16H24FN3O2S. The molecule has 1 aromatic carbocycles. The molecule has 0 aliphatic rings. The number of carbonyl (C=O) groups excluding carboxylic acids is 2. The summed E-state index contributed by atoms with van der Waals surface area (Å²) in [7, 11) is 0. The smallest absolute Gasteiger partial charge is 0.312 e. The van der Waals surface area contributed by atoms with Gasteiger partial charge in [0.2, 0.25) is 5.91 Å². The predicted octanol–water partition coefficient (Wildman–Crippen LogP) is 2.01. The lowest BCUT2D eigenvalue weighted by Gasteiger charge is -2.27. The molecule has 0 fully saturated rings. The Morgan fingerprint density at radius 3 is 2.57 bits per heavy atom. The van der Waals surface area contributed by atoms with Crippen molar-refractivity contribution in [1.29, 1.82) is 0 Å². The summed E-state index contributed by atoms with van der Waals surface area (Å²) < 4.78 is 13.9. The maximum atomic E-state index is 13.9. The van der Waals surface area contributed by atoms with Crippen molar-refractivity contribution in [2.45, 2.75) is 31.7 Å². The maximum absolute atomic E-state index is 13.9. The zero-order valence-corrected chi connectivity index (χ0v) is 14.5. The van der Waals surface area contributed by atoms with Crippen LogP contribution in [0.2, 0.25) is 0 Å². The van der Waals surface area contributed by atoms with Crippen molar-refractivity contribution in [2.75, 3.05) is 18.6 Å². The third-order valence-electron chi connectivity index (χ3n) is 3.55. The van der Waals surface area contributed by atoms with Crippen LogP contribution in [0.5, 0.6) is 0 Å². The quantitative estimate of drug-likeness (QED) is 0.676. The van der Waals surface area contributed by atoms with Crippen molar-refractivity contribution in [3.63, 3.8) is 0 Å². The molecule has 0 saturated carbocycles. The largest absolute Gasteiger partial charge is 0.353 e. The Kier molecular flexibility index (Phi) is 7.35. The van der Waals surface area contributed by atoms with Crippen LogP contribution in [0.15, 0.2) is 24.3 Å². The number of urea groups is 1. The van der Waals surface area contributed by atoms with Crippen LogP contribution >= 0.6 is 11.8 Å². The van der Waals surface area contributed by atoms with Gasteiger partial charge >= 0.3 is 6.03 Å². The van der Waals surface area contributed by atoms with E-state index in [2.05, 4.69) is 10.6 Å². The third-order valence-corrected chi connectivity index (χ3v) is 4.20. The molecule has 0 aliphatic heterocycles. The van der Waals surface area contributed by atoms with Gasteiger partial charge in [-0.25, -0.2) is 9.18 Å². The number of hydrogen-bond donors (Lipinski definition) is 3. The molecule has 3 amide bonds. The van der Waals surface area contributed by atoms with Gasteiger partial charge < -0.3 is 16.4 Å². The molecule has 7 heteroatoms. The van der Waals surface area contributed by atoms with Gasteiger partial charge in [0.1, 0.15) is 11.9 Å². The van der Waals surface area contributed by atoms with Crippen LogP contribution in [-0.4, -0.2) is 36.5 Å². The maximum Gasteiger partial charge on any atom is 0.312 e. The second kappa shape index (κ2) is 8.76. The van der Waals surface area contributed by atoms with E-state index < -0.39 is 17.5 Å². The van der Waals surface area contributed by atoms with E-state index in [0.29, 0.717) is 12.0 Å². The van der Waals surface area contributed by atoms with Crippen molar-refractivity contribution >= 4 is 23.7 Å². The summed E-state index contributed by atoms with van der Waals surface area (Å²) in [5, 5.41) is 5.22. The first-order chi connectivity index (χ1) is 10.8. The Labute approximate surface area is 140 Å². The highest BCUT2D eigenvalue weighted by molar-refractivity contribution is 7.98. The molecule has 0 heterocycles. The number of nitrogens with two attached hydrogens (primary N) is 1. The molecule has 0 spiro atoms. The minimum Gasteiger partial charge on any atom is -0.353 e. The Morgan fingerprint density at radius 1 is 1.35 bits per heavy atom. The minimum absolute atomic E-state index is 0.253. The van der Waals surface area contributed by atoms with Crippen LogP contribution in [0.3, 0.4) is 0 Å². The first-order valence-corrected chi connectivity index (χ1v) is 8.75. The zero-order chi connectivity index (χ0) is 17.5. The number of carbonyl (C=O) groups is 2. The molecule has 1 unspecified atom stereocenters. The van der Waals surface area contributed by atoms with Crippen molar-refractivity contribution in [1.82, 2.24) is 10.6 Å². The number of hydrogen-bond acceptors (Lipinski definition) is 3. The van der Waals surface area contributed by atoms with Gasteiger partial charge in [-0.3, -0.25) is 4.79 Å². The van der Waals surface area contributed by atoms with E-state index in [0.717, 1.165) is 5.75 Å². The number of thioether (sulfide) groups is 1. The predicted molar refractivity (Wildman–Crippen MR) is 91.9 cm³/mol. The number of benzene rings is 1. The highest BCUT2D eigenvalue weighted by Gasteiger charge is 2.26. The topological polar surface area (TPSA) is 84.2 Å². The van der Waals surface area contributed by atoms with Crippen LogP contribution in [0.1, 0.15) is 25.8 Å². The molecule has 1 atom stereocenters. The van der Waals surface area contributed by atoms with Crippen LogP contribution in [-0.2, 0) is 10.2 Å². The van der Waals surface area contributed by atoms with E-state index in [4.69, 9.17) is 5.73 Å². The second-order valence-electron chi connectivity index (χ2n) is 5.92. The molecule has 1 aromatic rings. The SMILES string of the molecule is CSCCC(NC(N)=O)C(=O)NCC(C)(C)c1ccccc1F. The molecule has 23 heavy (non-hydrogen) atoms. The molecule has 4 N–H and O–H groups in total. The fourth-order valence-electron chi connectivity index (χ4n) is 2.21. The van der Waals surface area contributed by atoms with E-state index >= 15 is 0 Å². The van der Waals surface area contributed by atoms with Crippen molar-refractivity contribution in [3.8, 4) is 0 Å². The van der Waals surface area contributed by atoms with Gasteiger partial charge in [0, 0.05) is 12.0 Å². The van der Waals surface area contributed by atoms with Gasteiger partial charge in [0.05, 0.1) is 0 Å². The fourth-order valence-corrected chi connectivity index (χ4v) is 2.68. The summed E-state index contributed by atoms with van der Waals surface area (Å²) in [4.78, 5) is 23.3. The summed E-state index contributed by atoms with van der Waals surface area (Å²) in [6, 6.07) is 5.07. The zero-order valence-electron chi connectivity index (χ0n) is 13.7. The highest BCUT2D eigenvalue weighted by Crippen LogP contribution is 2.24. The van der Waals surface area contributed by atoms with Crippen molar-refractivity contribution < 1.29 is 14.0 Å². The van der Waals surface area contributed by atoms with E-state index in [-0.39, 0.29) is 18.3 Å². The summed E-state index contributed by atoms with van der Waals surface area (Å²) in [5.74, 6) is 0.0953. The van der Waals surface area contributed by atoms with Gasteiger partial charge in [0.15, 0.2) is 0 Å². The lowest BCUT2D eigenvalue weighted by atomic mass is 9.84. The Balaban J connectivity index is 2.71. The molecule has 0 bridgehead atoms. The van der Waals surface area contributed by atoms with Gasteiger partial charge in [-0.05, 0) is 30.1 Å². The standard InChI is InChI=1S/C16H24FN3O2S/c1-16(2,11-6-4-5-7-12(11)17)10-19-14(21)13(8-9-23-3)20-15(18)22/h4-7,13H,8-10H2,1-3H3,(H,19,21)(H3,18,20,22). The van der Waals surface area contributed by atoms with Gasteiger partial charge in [-0.2, -0.15) is 11.8 Å². The Hall–Kier alpha value is -1.76. The van der Waals surface area contributed by atoms with Gasteiger partial charge in [-0.1, -0.05) is 32.0 Å². The van der Waals surface area contributed by atoms with Crippen LogP contribution in [0.4, 0.5) is 9.18 Å². The molecule has 128 valence electrons. The number of primary amides is 1. The van der Waals surface area contributed by atoms with Crippen LogP contribution in [0.25, 0.3) is 0 Å². The van der Waals surface area contributed by atoms with E-state index in [1.165, 1.54) is 6.07 Å². The van der Waals surface area contributed by atoms with E-state index in [1.54, 1.807) is 30.0 Å². The molecule has 0 saturated heterocycles. The molecule has 0 aliphatic carbocycles. The number of halogens is 1. The van der Waals surface area contributed by atoms with Crippen molar-refractivity contribution in [2.24, 2.45) is 5.73 Å². The van der Waals surface area contributed by atoms with Gasteiger partial charge in [0.25, 0.3) is 0 Å². The lowest BCUT2D eigenvalue weighted by Crippen LogP contribution is -2.50. The molecule has 0 radical (unpaired) electrons. The molecule has 5 nitrogen and oxygen atoms in total. The van der Waals surface area contributed by atoms with Crippen molar-refractivity contribution in [3.05, 3.63) is 35.6 Å². The Bertz CT molecular complexity index is 552. The molecule has 1 rings (SSSR count). The normalized spacial score (nSPS) is 12.5. The minimum atomic E-state index is -0.736. The van der Waals surface area contributed by atoms with Crippen LogP contribution < -0.4 is 16.4 Å². The highest BCUT2D eigenvalue weighted by atomic mass is 32.2. The second-order valence-corrected chi connectivity index (χ2v) is 6.91. The third kappa shape index (κ3) is 6.09. The molecular weight excluding hydrogens is 317 g/mol. The summed E-state index contributed by atoms with van der Waals surface area (Å²) >= 11 is 1.58. The summed E-state index contributed by atoms with van der Waals surface area (Å²) in [6.45, 7) is 3.96. The first kappa shape index (κ1) is 19.3. The molecule has 0 aromatic heterocycles. The number of rotatable bonds is 8. The number of nitrogens with one attached hydrogen (secondary N) is 2. The van der Waals surface area contributed by atoms with Crippen LogP contribution in [0, 0.1) is 5.82 Å². The summed E-state index contributed by atoms with van der Waals surface area (Å²) in [5.41, 5.74) is 5.07. The first-order valence-electron chi connectivity index (χ1n) is 7.35. The summed E-state index contributed by atoms with van der Waals surface area (Å²) in [6.07, 6.45) is 2.40. The number of amides is 3. The Morgan fingerprint density at radius 2 is 2.00 bits per heavy atom. The monoisotopic (exact) mass is 341 g/mol. The van der Waals surface area contributed by atoms with E-state index in [9.17, 15) is 14.0 Å². The van der Waals surface area contributed by atoms with Gasteiger partial charge in [-0.15, -0.1) is 0 Å². The average Bonchev–Trinajstić information content (AvgIpc) is 2.49. The van der Waals surface area contributed by atoms with E-state index in [1.807, 2.05) is 20.1 Å². The lowest BCUT2D eigenvalue weighted by molar-refractivity contribution is -0.123.